The maximum atomic E-state index is 11.5. The number of ether oxygens (including phenoxy) is 1. The van der Waals surface area contributed by atoms with E-state index < -0.39 is 9.84 Å². The number of hydrogen-bond donors (Lipinski definition) is 1. The summed E-state index contributed by atoms with van der Waals surface area (Å²) in [5.74, 6) is 2.09. The van der Waals surface area contributed by atoms with E-state index in [0.29, 0.717) is 12.8 Å². The van der Waals surface area contributed by atoms with Crippen molar-refractivity contribution in [2.24, 2.45) is 0 Å². The van der Waals surface area contributed by atoms with Gasteiger partial charge in [0.25, 0.3) is 0 Å². The van der Waals surface area contributed by atoms with E-state index in [9.17, 15) is 8.42 Å². The first-order valence-corrected chi connectivity index (χ1v) is 8.80. The van der Waals surface area contributed by atoms with Crippen LogP contribution in [0.3, 0.4) is 0 Å². The van der Waals surface area contributed by atoms with Crippen molar-refractivity contribution in [2.75, 3.05) is 23.9 Å². The predicted octanol–water partition coefficient (Wildman–Crippen LogP) is 2.23. The van der Waals surface area contributed by atoms with Gasteiger partial charge in [-0.15, -0.1) is 0 Å². The van der Waals surface area contributed by atoms with Crippen LogP contribution >= 0.6 is 0 Å². The molecule has 1 N–H and O–H groups in total. The molecule has 0 saturated carbocycles. The first-order valence-electron chi connectivity index (χ1n) is 6.98. The van der Waals surface area contributed by atoms with Gasteiger partial charge in [0.15, 0.2) is 0 Å². The van der Waals surface area contributed by atoms with Crippen molar-refractivity contribution in [3.63, 3.8) is 0 Å². The smallest absolute Gasteiger partial charge is 0.150 e. The third kappa shape index (κ3) is 2.95. The van der Waals surface area contributed by atoms with Crippen LogP contribution in [0.5, 0.6) is 5.75 Å². The first-order chi connectivity index (χ1) is 10.1. The molecule has 1 fully saturated rings. The highest BCUT2D eigenvalue weighted by atomic mass is 32.2. The zero-order chi connectivity index (χ0) is 14.9. The van der Waals surface area contributed by atoms with Crippen LogP contribution in [0.1, 0.15) is 12.8 Å². The summed E-state index contributed by atoms with van der Waals surface area (Å²) < 4.78 is 28.3. The molecule has 1 aromatic carbocycles. The van der Waals surface area contributed by atoms with Crippen LogP contribution in [0, 0.1) is 0 Å². The number of sulfone groups is 1. The number of anilines is 1. The molecule has 1 aliphatic rings. The summed E-state index contributed by atoms with van der Waals surface area (Å²) in [6.07, 6.45) is 3.00. The Morgan fingerprint density at radius 2 is 1.95 bits per heavy atom. The van der Waals surface area contributed by atoms with Crippen LogP contribution in [0.4, 0.5) is 5.82 Å². The van der Waals surface area contributed by atoms with E-state index in [1.165, 1.54) is 0 Å². The summed E-state index contributed by atoms with van der Waals surface area (Å²) in [7, 11) is -1.19. The minimum atomic E-state index is -2.84. The second kappa shape index (κ2) is 5.52. The van der Waals surface area contributed by atoms with Gasteiger partial charge in [0.05, 0.1) is 18.6 Å². The third-order valence-corrected chi connectivity index (χ3v) is 5.60. The number of nitrogens with zero attached hydrogens (tertiary/aromatic N) is 1. The van der Waals surface area contributed by atoms with E-state index in [0.717, 1.165) is 22.3 Å². The van der Waals surface area contributed by atoms with Gasteiger partial charge >= 0.3 is 0 Å². The van der Waals surface area contributed by atoms with Crippen LogP contribution in [-0.4, -0.2) is 38.1 Å². The molecular weight excluding hydrogens is 288 g/mol. The van der Waals surface area contributed by atoms with Gasteiger partial charge < -0.3 is 10.1 Å². The fourth-order valence-electron chi connectivity index (χ4n) is 2.70. The number of aromatic nitrogens is 1. The normalized spacial score (nSPS) is 18.5. The summed E-state index contributed by atoms with van der Waals surface area (Å²) in [5, 5.41) is 5.37. The summed E-state index contributed by atoms with van der Waals surface area (Å²) >= 11 is 0. The summed E-state index contributed by atoms with van der Waals surface area (Å²) in [4.78, 5) is 4.40. The molecule has 5 nitrogen and oxygen atoms in total. The number of fused-ring (bicyclic) bond motifs is 1. The second-order valence-corrected chi connectivity index (χ2v) is 7.59. The third-order valence-electron chi connectivity index (χ3n) is 3.88. The summed E-state index contributed by atoms with van der Waals surface area (Å²) in [5.41, 5.74) is 0. The molecule has 2 aromatic rings. The van der Waals surface area contributed by atoms with Gasteiger partial charge in [0.1, 0.15) is 21.4 Å². The highest BCUT2D eigenvalue weighted by Gasteiger charge is 2.24. The molecule has 0 spiro atoms. The van der Waals surface area contributed by atoms with E-state index in [1.54, 1.807) is 13.3 Å². The van der Waals surface area contributed by atoms with Crippen molar-refractivity contribution in [2.45, 2.75) is 18.9 Å². The first kappa shape index (κ1) is 14.1. The van der Waals surface area contributed by atoms with Gasteiger partial charge in [-0.1, -0.05) is 12.1 Å². The second-order valence-electron chi connectivity index (χ2n) is 5.29. The van der Waals surface area contributed by atoms with Gasteiger partial charge in [0.2, 0.25) is 0 Å². The average Bonchev–Trinajstić information content (AvgIpc) is 2.49. The van der Waals surface area contributed by atoms with Crippen molar-refractivity contribution in [1.29, 1.82) is 0 Å². The quantitative estimate of drug-likeness (QED) is 0.942. The van der Waals surface area contributed by atoms with Crippen LogP contribution in [0.2, 0.25) is 0 Å². The molecule has 1 saturated heterocycles. The number of rotatable bonds is 3. The molecule has 2 heterocycles. The molecule has 0 radical (unpaired) electrons. The van der Waals surface area contributed by atoms with Gasteiger partial charge in [-0.2, -0.15) is 0 Å². The number of methoxy groups -OCH3 is 1. The highest BCUT2D eigenvalue weighted by Crippen LogP contribution is 2.30. The Bertz CT molecular complexity index is 745. The lowest BCUT2D eigenvalue weighted by Crippen LogP contribution is -2.32. The minimum absolute atomic E-state index is 0.151. The summed E-state index contributed by atoms with van der Waals surface area (Å²) in [6.45, 7) is 0. The molecule has 3 rings (SSSR count). The molecule has 0 bridgehead atoms. The Morgan fingerprint density at radius 3 is 2.67 bits per heavy atom. The topological polar surface area (TPSA) is 68.3 Å². The molecule has 0 aliphatic carbocycles. The summed E-state index contributed by atoms with van der Waals surface area (Å²) in [6, 6.07) is 7.91. The predicted molar refractivity (Wildman–Crippen MR) is 83.6 cm³/mol. The fourth-order valence-corrected chi connectivity index (χ4v) is 4.19. The highest BCUT2D eigenvalue weighted by molar-refractivity contribution is 7.91. The molecule has 0 unspecified atom stereocenters. The van der Waals surface area contributed by atoms with Crippen molar-refractivity contribution in [1.82, 2.24) is 4.98 Å². The Labute approximate surface area is 124 Å². The molecule has 0 atom stereocenters. The standard InChI is InChI=1S/C15H18N2O3S/c1-20-14-4-2-3-13-12(14)5-8-16-15(13)17-11-6-9-21(18,19)10-7-11/h2-5,8,11H,6-7,9-10H2,1H3,(H,16,17). The number of nitrogens with one attached hydrogen (secondary N) is 1. The van der Waals surface area contributed by atoms with Gasteiger partial charge in [0, 0.05) is 23.0 Å². The number of benzene rings is 1. The van der Waals surface area contributed by atoms with Gasteiger partial charge in [-0.3, -0.25) is 0 Å². The Kier molecular flexibility index (Phi) is 3.71. The fraction of sp³-hybridized carbons (Fsp3) is 0.400. The molecule has 0 amide bonds. The number of hydrogen-bond acceptors (Lipinski definition) is 5. The lowest BCUT2D eigenvalue weighted by molar-refractivity contribution is 0.420. The largest absolute Gasteiger partial charge is 0.496 e. The van der Waals surface area contributed by atoms with E-state index in [2.05, 4.69) is 10.3 Å². The Hall–Kier alpha value is -1.82. The molecule has 1 aromatic heterocycles. The van der Waals surface area contributed by atoms with E-state index in [1.807, 2.05) is 24.3 Å². The zero-order valence-corrected chi connectivity index (χ0v) is 12.7. The van der Waals surface area contributed by atoms with Crippen molar-refractivity contribution >= 4 is 26.4 Å². The molecule has 112 valence electrons. The van der Waals surface area contributed by atoms with E-state index in [-0.39, 0.29) is 17.5 Å². The maximum absolute atomic E-state index is 11.5. The van der Waals surface area contributed by atoms with Crippen LogP contribution in [0.25, 0.3) is 10.8 Å². The van der Waals surface area contributed by atoms with E-state index in [4.69, 9.17) is 4.74 Å². The van der Waals surface area contributed by atoms with Crippen molar-refractivity contribution in [3.05, 3.63) is 30.5 Å². The average molecular weight is 306 g/mol. The SMILES string of the molecule is COc1cccc2c(NC3CCS(=O)(=O)CC3)nccc12. The van der Waals surface area contributed by atoms with Gasteiger partial charge in [-0.05, 0) is 25.0 Å². The lowest BCUT2D eigenvalue weighted by atomic mass is 10.1. The van der Waals surface area contributed by atoms with Crippen LogP contribution in [-0.2, 0) is 9.84 Å². The van der Waals surface area contributed by atoms with Crippen molar-refractivity contribution in [3.8, 4) is 5.75 Å². The van der Waals surface area contributed by atoms with Gasteiger partial charge in [-0.25, -0.2) is 13.4 Å². The minimum Gasteiger partial charge on any atom is -0.496 e. The van der Waals surface area contributed by atoms with Crippen LogP contribution < -0.4 is 10.1 Å². The number of pyridine rings is 1. The molecular formula is C15H18N2O3S. The monoisotopic (exact) mass is 306 g/mol. The Balaban J connectivity index is 1.88. The maximum Gasteiger partial charge on any atom is 0.150 e. The molecule has 1 aliphatic heterocycles. The van der Waals surface area contributed by atoms with E-state index >= 15 is 0 Å². The molecule has 6 heteroatoms. The zero-order valence-electron chi connectivity index (χ0n) is 11.9. The Morgan fingerprint density at radius 1 is 1.19 bits per heavy atom. The van der Waals surface area contributed by atoms with Crippen molar-refractivity contribution < 1.29 is 13.2 Å². The molecule has 21 heavy (non-hydrogen) atoms. The van der Waals surface area contributed by atoms with Crippen LogP contribution in [0.15, 0.2) is 30.5 Å². The lowest BCUT2D eigenvalue weighted by Gasteiger charge is -2.24.